The van der Waals surface area contributed by atoms with Crippen LogP contribution in [0.25, 0.3) is 11.1 Å². The summed E-state index contributed by atoms with van der Waals surface area (Å²) in [6.07, 6.45) is 0. The predicted octanol–water partition coefficient (Wildman–Crippen LogP) is 2.79. The van der Waals surface area contributed by atoms with Crippen LogP contribution >= 0.6 is 0 Å². The van der Waals surface area contributed by atoms with Crippen molar-refractivity contribution in [2.75, 3.05) is 0 Å². The number of nitrogens with zero attached hydrogens (tertiary/aromatic N) is 1. The minimum atomic E-state index is -3.83. The number of aromatic nitrogens is 1. The number of hydrogen-bond donors (Lipinski definition) is 1. The van der Waals surface area contributed by atoms with Crippen molar-refractivity contribution in [2.45, 2.75) is 31.3 Å². The Balaban J connectivity index is 1.92. The number of hydrogen-bond acceptors (Lipinski definition) is 4. The quantitative estimate of drug-likeness (QED) is 0.755. The van der Waals surface area contributed by atoms with E-state index < -0.39 is 21.8 Å². The number of oxazole rings is 1. The third-order valence-electron chi connectivity index (χ3n) is 3.97. The second kappa shape index (κ2) is 6.45. The van der Waals surface area contributed by atoms with Crippen LogP contribution in [-0.4, -0.2) is 13.0 Å². The first-order chi connectivity index (χ1) is 11.8. The third kappa shape index (κ3) is 3.35. The zero-order chi connectivity index (χ0) is 18.2. The molecule has 25 heavy (non-hydrogen) atoms. The maximum absolute atomic E-state index is 13.0. The summed E-state index contributed by atoms with van der Waals surface area (Å²) in [6, 6.07) is 9.32. The molecule has 0 fully saturated rings. The van der Waals surface area contributed by atoms with Crippen molar-refractivity contribution < 1.29 is 17.2 Å². The van der Waals surface area contributed by atoms with Gasteiger partial charge in [0.15, 0.2) is 5.58 Å². The first-order valence-electron chi connectivity index (χ1n) is 7.73. The molecule has 0 saturated carbocycles. The Morgan fingerprint density at radius 1 is 1.20 bits per heavy atom. The highest BCUT2D eigenvalue weighted by Crippen LogP contribution is 2.21. The Morgan fingerprint density at radius 3 is 2.52 bits per heavy atom. The Kier molecular flexibility index (Phi) is 4.49. The summed E-state index contributed by atoms with van der Waals surface area (Å²) >= 11 is 0. The van der Waals surface area contributed by atoms with Crippen LogP contribution in [0.1, 0.15) is 25.5 Å². The molecule has 1 aromatic heterocycles. The smallest absolute Gasteiger partial charge is 0.408 e. The fourth-order valence-electron chi connectivity index (χ4n) is 2.63. The highest BCUT2D eigenvalue weighted by Gasteiger charge is 2.20. The van der Waals surface area contributed by atoms with Gasteiger partial charge in [0.2, 0.25) is 10.0 Å². The van der Waals surface area contributed by atoms with E-state index in [0.29, 0.717) is 17.6 Å². The Labute approximate surface area is 143 Å². The van der Waals surface area contributed by atoms with Gasteiger partial charge in [0.05, 0.1) is 10.4 Å². The van der Waals surface area contributed by atoms with Crippen LogP contribution in [0.3, 0.4) is 0 Å². The molecule has 0 aliphatic carbocycles. The van der Waals surface area contributed by atoms with Crippen molar-refractivity contribution in [1.82, 2.24) is 9.29 Å². The largest absolute Gasteiger partial charge is 0.419 e. The third-order valence-corrected chi connectivity index (χ3v) is 5.51. The standard InChI is InChI=1S/C17H17FN2O4S/c1-3-20-15-9-8-14(10-16(15)24-17(20)21)25(22,23)19-11(2)12-4-6-13(18)7-5-12/h4-11,19H,3H2,1-2H3/t11-/m0/s1. The Morgan fingerprint density at radius 2 is 1.88 bits per heavy atom. The average molecular weight is 364 g/mol. The highest BCUT2D eigenvalue weighted by molar-refractivity contribution is 7.89. The topological polar surface area (TPSA) is 81.3 Å². The van der Waals surface area contributed by atoms with Crippen LogP contribution in [0.2, 0.25) is 0 Å². The van der Waals surface area contributed by atoms with E-state index in [0.717, 1.165) is 0 Å². The maximum Gasteiger partial charge on any atom is 0.419 e. The molecule has 0 radical (unpaired) electrons. The lowest BCUT2D eigenvalue weighted by molar-refractivity contribution is 0.512. The summed E-state index contributed by atoms with van der Waals surface area (Å²) in [7, 11) is -3.83. The molecule has 1 atom stereocenters. The number of fused-ring (bicyclic) bond motifs is 1. The molecule has 8 heteroatoms. The molecule has 0 amide bonds. The minimum absolute atomic E-state index is 0.00837. The van der Waals surface area contributed by atoms with E-state index in [2.05, 4.69) is 4.72 Å². The molecule has 3 rings (SSSR count). The second-order valence-electron chi connectivity index (χ2n) is 5.64. The van der Waals surface area contributed by atoms with Crippen molar-refractivity contribution in [3.05, 3.63) is 64.4 Å². The van der Waals surface area contributed by atoms with Gasteiger partial charge in [-0.1, -0.05) is 12.1 Å². The minimum Gasteiger partial charge on any atom is -0.408 e. The predicted molar refractivity (Wildman–Crippen MR) is 91.3 cm³/mol. The second-order valence-corrected chi connectivity index (χ2v) is 7.35. The zero-order valence-corrected chi connectivity index (χ0v) is 14.5. The van der Waals surface area contributed by atoms with Crippen molar-refractivity contribution in [2.24, 2.45) is 0 Å². The van der Waals surface area contributed by atoms with Gasteiger partial charge in [0, 0.05) is 18.7 Å². The monoisotopic (exact) mass is 364 g/mol. The number of halogens is 1. The normalized spacial score (nSPS) is 13.2. The SMILES string of the molecule is CCn1c(=O)oc2cc(S(=O)(=O)N[C@@H](C)c3ccc(F)cc3)ccc21. The fourth-order valence-corrected chi connectivity index (χ4v) is 3.88. The number of sulfonamides is 1. The summed E-state index contributed by atoms with van der Waals surface area (Å²) in [5.74, 6) is -0.917. The molecule has 0 saturated heterocycles. The lowest BCUT2D eigenvalue weighted by Crippen LogP contribution is -2.26. The van der Waals surface area contributed by atoms with Gasteiger partial charge in [-0.3, -0.25) is 4.57 Å². The Bertz CT molecular complexity index is 1070. The van der Waals surface area contributed by atoms with Gasteiger partial charge in [-0.05, 0) is 43.7 Å². The van der Waals surface area contributed by atoms with Crippen molar-refractivity contribution in [1.29, 1.82) is 0 Å². The summed E-state index contributed by atoms with van der Waals surface area (Å²) in [5, 5.41) is 0. The number of rotatable bonds is 5. The number of aryl methyl sites for hydroxylation is 1. The van der Waals surface area contributed by atoms with Crippen LogP contribution in [0.15, 0.2) is 56.6 Å². The van der Waals surface area contributed by atoms with Gasteiger partial charge in [-0.2, -0.15) is 0 Å². The van der Waals surface area contributed by atoms with E-state index >= 15 is 0 Å². The van der Waals surface area contributed by atoms with Crippen molar-refractivity contribution >= 4 is 21.1 Å². The molecule has 1 N–H and O–H groups in total. The van der Waals surface area contributed by atoms with E-state index in [1.54, 1.807) is 19.9 Å². The molecule has 0 aliphatic heterocycles. The molecular formula is C17H17FN2O4S. The molecule has 1 heterocycles. The van der Waals surface area contributed by atoms with Crippen LogP contribution in [0.5, 0.6) is 0 Å². The van der Waals surface area contributed by atoms with E-state index in [1.165, 1.54) is 41.0 Å². The van der Waals surface area contributed by atoms with Gasteiger partial charge >= 0.3 is 5.76 Å². The lowest BCUT2D eigenvalue weighted by atomic mass is 10.1. The van der Waals surface area contributed by atoms with Gasteiger partial charge in [-0.15, -0.1) is 0 Å². The summed E-state index contributed by atoms with van der Waals surface area (Å²) < 4.78 is 47.2. The molecule has 0 spiro atoms. The van der Waals surface area contributed by atoms with Crippen LogP contribution in [0.4, 0.5) is 4.39 Å². The zero-order valence-electron chi connectivity index (χ0n) is 13.7. The summed E-state index contributed by atoms with van der Waals surface area (Å²) in [5.41, 5.74) is 1.39. The molecule has 132 valence electrons. The molecule has 0 bridgehead atoms. The van der Waals surface area contributed by atoms with Crippen molar-refractivity contribution in [3.63, 3.8) is 0 Å². The van der Waals surface area contributed by atoms with Crippen LogP contribution < -0.4 is 10.5 Å². The van der Waals surface area contributed by atoms with E-state index in [-0.39, 0.29) is 16.3 Å². The lowest BCUT2D eigenvalue weighted by Gasteiger charge is -2.14. The number of nitrogens with one attached hydrogen (secondary N) is 1. The average Bonchev–Trinajstić information content (AvgIpc) is 2.89. The highest BCUT2D eigenvalue weighted by atomic mass is 32.2. The number of benzene rings is 2. The maximum atomic E-state index is 13.0. The Hall–Kier alpha value is -2.45. The first-order valence-corrected chi connectivity index (χ1v) is 9.21. The molecule has 3 aromatic rings. The van der Waals surface area contributed by atoms with E-state index in [4.69, 9.17) is 4.42 Å². The molecule has 2 aromatic carbocycles. The fraction of sp³-hybridized carbons (Fsp3) is 0.235. The summed E-state index contributed by atoms with van der Waals surface area (Å²) in [6.45, 7) is 3.89. The molecule has 0 aliphatic rings. The van der Waals surface area contributed by atoms with Gasteiger partial charge in [-0.25, -0.2) is 22.3 Å². The molecular weight excluding hydrogens is 347 g/mol. The van der Waals surface area contributed by atoms with Gasteiger partial charge < -0.3 is 4.42 Å². The van der Waals surface area contributed by atoms with Crippen molar-refractivity contribution in [3.8, 4) is 0 Å². The van der Waals surface area contributed by atoms with E-state index in [9.17, 15) is 17.6 Å². The van der Waals surface area contributed by atoms with Crippen LogP contribution in [-0.2, 0) is 16.6 Å². The first kappa shape index (κ1) is 17.4. The van der Waals surface area contributed by atoms with Crippen LogP contribution in [0, 0.1) is 5.82 Å². The van der Waals surface area contributed by atoms with E-state index in [1.807, 2.05) is 0 Å². The summed E-state index contributed by atoms with van der Waals surface area (Å²) in [4.78, 5) is 11.7. The molecule has 6 nitrogen and oxygen atoms in total. The molecule has 0 unspecified atom stereocenters. The van der Waals surface area contributed by atoms with Gasteiger partial charge in [0.1, 0.15) is 5.82 Å². The van der Waals surface area contributed by atoms with Gasteiger partial charge in [0.25, 0.3) is 0 Å².